The van der Waals surface area contributed by atoms with Gasteiger partial charge in [0, 0.05) is 49.7 Å². The van der Waals surface area contributed by atoms with Crippen molar-refractivity contribution in [1.82, 2.24) is 14.8 Å². The fourth-order valence-corrected chi connectivity index (χ4v) is 4.97. The van der Waals surface area contributed by atoms with Crippen molar-refractivity contribution in [3.63, 3.8) is 0 Å². The minimum absolute atomic E-state index is 0.218. The Labute approximate surface area is 195 Å². The summed E-state index contributed by atoms with van der Waals surface area (Å²) in [5, 5.41) is 1.22. The third-order valence-electron chi connectivity index (χ3n) is 6.82. The number of nitrogens with one attached hydrogen (secondary N) is 1. The summed E-state index contributed by atoms with van der Waals surface area (Å²) in [4.78, 5) is 20.9. The van der Waals surface area contributed by atoms with Gasteiger partial charge in [-0.05, 0) is 36.1 Å². The van der Waals surface area contributed by atoms with Crippen molar-refractivity contribution in [3.05, 3.63) is 107 Å². The van der Waals surface area contributed by atoms with Crippen LogP contribution in [-0.2, 0) is 11.2 Å². The molecule has 1 atom stereocenters. The van der Waals surface area contributed by atoms with Gasteiger partial charge < -0.3 is 9.88 Å². The molecule has 0 unspecified atom stereocenters. The number of aryl methyl sites for hydroxylation is 2. The number of benzene rings is 3. The third kappa shape index (κ3) is 4.71. The lowest BCUT2D eigenvalue weighted by molar-refractivity contribution is -0.133. The topological polar surface area (TPSA) is 39.3 Å². The fraction of sp³-hybridized carbons (Fsp3) is 0.276. The normalized spacial score (nSPS) is 15.6. The van der Waals surface area contributed by atoms with Crippen molar-refractivity contribution >= 4 is 16.8 Å². The van der Waals surface area contributed by atoms with Crippen molar-refractivity contribution in [1.29, 1.82) is 0 Å². The van der Waals surface area contributed by atoms with E-state index in [1.54, 1.807) is 0 Å². The van der Waals surface area contributed by atoms with E-state index >= 15 is 0 Å². The Kier molecular flexibility index (Phi) is 6.27. The van der Waals surface area contributed by atoms with Crippen LogP contribution in [0, 0.1) is 6.92 Å². The zero-order chi connectivity index (χ0) is 22.6. The fourth-order valence-electron chi connectivity index (χ4n) is 4.97. The highest BCUT2D eigenvalue weighted by Crippen LogP contribution is 2.30. The van der Waals surface area contributed by atoms with Crippen LogP contribution in [0.2, 0.25) is 0 Å². The molecule has 168 valence electrons. The highest BCUT2D eigenvalue weighted by Gasteiger charge is 2.28. The number of aromatic nitrogens is 1. The number of para-hydroxylation sites is 1. The minimum atomic E-state index is 0.218. The molecule has 1 fully saturated rings. The predicted octanol–water partition coefficient (Wildman–Crippen LogP) is 5.34. The maximum Gasteiger partial charge on any atom is 0.222 e. The van der Waals surface area contributed by atoms with E-state index in [2.05, 4.69) is 89.6 Å². The molecule has 4 aromatic rings. The molecular weight excluding hydrogens is 406 g/mol. The van der Waals surface area contributed by atoms with Gasteiger partial charge in [0.2, 0.25) is 5.91 Å². The average Bonchev–Trinajstić information content (AvgIpc) is 3.28. The van der Waals surface area contributed by atoms with Crippen LogP contribution < -0.4 is 0 Å². The molecule has 2 heterocycles. The van der Waals surface area contributed by atoms with Crippen molar-refractivity contribution in [2.75, 3.05) is 26.2 Å². The monoisotopic (exact) mass is 437 g/mol. The minimum Gasteiger partial charge on any atom is -0.361 e. The van der Waals surface area contributed by atoms with Crippen molar-refractivity contribution in [2.45, 2.75) is 25.8 Å². The summed E-state index contributed by atoms with van der Waals surface area (Å²) in [6.45, 7) is 5.45. The average molecular weight is 438 g/mol. The molecule has 0 saturated carbocycles. The van der Waals surface area contributed by atoms with E-state index in [1.165, 1.54) is 27.6 Å². The maximum absolute atomic E-state index is 13.0. The molecule has 1 aliphatic rings. The van der Waals surface area contributed by atoms with Gasteiger partial charge in [-0.25, -0.2) is 0 Å². The summed E-state index contributed by atoms with van der Waals surface area (Å²) >= 11 is 0. The van der Waals surface area contributed by atoms with Crippen LogP contribution >= 0.6 is 0 Å². The van der Waals surface area contributed by atoms with Crippen LogP contribution in [0.3, 0.4) is 0 Å². The molecule has 1 amide bonds. The van der Waals surface area contributed by atoms with Gasteiger partial charge in [0.25, 0.3) is 0 Å². The standard InChI is InChI=1S/C29H31N3O/c1-22-11-13-24(14-12-22)29(23-7-3-2-4-8-23)32-19-17-31(18-20-32)28(33)16-15-25-21-30-27-10-6-5-9-26(25)27/h2-14,21,29-30H,15-20H2,1H3/t29-/m0/s1. The number of fused-ring (bicyclic) bond motifs is 1. The SMILES string of the molecule is Cc1ccc([C@H](c2ccccc2)N2CCN(C(=O)CCc3c[nH]c4ccccc34)CC2)cc1. The molecule has 1 aliphatic heterocycles. The van der Waals surface area contributed by atoms with E-state index in [0.29, 0.717) is 6.42 Å². The molecule has 5 rings (SSSR count). The zero-order valence-corrected chi connectivity index (χ0v) is 19.2. The Morgan fingerprint density at radius 1 is 0.848 bits per heavy atom. The quantitative estimate of drug-likeness (QED) is 0.442. The Morgan fingerprint density at radius 3 is 2.27 bits per heavy atom. The van der Waals surface area contributed by atoms with Crippen molar-refractivity contribution in [3.8, 4) is 0 Å². The lowest BCUT2D eigenvalue weighted by atomic mass is 9.95. The second-order valence-electron chi connectivity index (χ2n) is 9.00. The van der Waals surface area contributed by atoms with Gasteiger partial charge in [-0.15, -0.1) is 0 Å². The molecule has 0 bridgehead atoms. The number of amides is 1. The molecule has 1 aromatic heterocycles. The number of H-pyrrole nitrogens is 1. The molecule has 0 aliphatic carbocycles. The predicted molar refractivity (Wildman–Crippen MR) is 134 cm³/mol. The van der Waals surface area contributed by atoms with Gasteiger partial charge in [-0.3, -0.25) is 9.69 Å². The summed E-state index contributed by atoms with van der Waals surface area (Å²) < 4.78 is 0. The molecule has 0 spiro atoms. The summed E-state index contributed by atoms with van der Waals surface area (Å²) in [5.74, 6) is 0.256. The van der Waals surface area contributed by atoms with Gasteiger partial charge in [0.1, 0.15) is 0 Å². The first-order valence-electron chi connectivity index (χ1n) is 11.9. The summed E-state index contributed by atoms with van der Waals surface area (Å²) in [7, 11) is 0. The van der Waals surface area contributed by atoms with E-state index in [4.69, 9.17) is 0 Å². The van der Waals surface area contributed by atoms with Gasteiger partial charge >= 0.3 is 0 Å². The molecule has 0 radical (unpaired) electrons. The smallest absolute Gasteiger partial charge is 0.222 e. The first kappa shape index (κ1) is 21.5. The molecule has 1 N–H and O–H groups in total. The summed E-state index contributed by atoms with van der Waals surface area (Å²) in [5.41, 5.74) is 6.25. The molecule has 1 saturated heterocycles. The Bertz CT molecular complexity index is 1200. The van der Waals surface area contributed by atoms with E-state index < -0.39 is 0 Å². The number of aromatic amines is 1. The number of hydrogen-bond acceptors (Lipinski definition) is 2. The van der Waals surface area contributed by atoms with Gasteiger partial charge in [-0.1, -0.05) is 78.4 Å². The molecule has 3 aromatic carbocycles. The van der Waals surface area contributed by atoms with Crippen LogP contribution in [0.1, 0.15) is 34.7 Å². The first-order chi connectivity index (χ1) is 16.2. The van der Waals surface area contributed by atoms with E-state index in [9.17, 15) is 4.79 Å². The Morgan fingerprint density at radius 2 is 1.52 bits per heavy atom. The zero-order valence-electron chi connectivity index (χ0n) is 19.2. The highest BCUT2D eigenvalue weighted by molar-refractivity contribution is 5.84. The Hall–Kier alpha value is -3.37. The number of rotatable bonds is 6. The molecular formula is C29H31N3O. The van der Waals surface area contributed by atoms with Crippen LogP contribution in [0.15, 0.2) is 85.1 Å². The Balaban J connectivity index is 1.24. The largest absolute Gasteiger partial charge is 0.361 e. The lowest BCUT2D eigenvalue weighted by Gasteiger charge is -2.40. The number of carbonyl (C=O) groups excluding carboxylic acids is 1. The van der Waals surface area contributed by atoms with Gasteiger partial charge in [0.15, 0.2) is 0 Å². The number of nitrogens with zero attached hydrogens (tertiary/aromatic N) is 2. The second-order valence-corrected chi connectivity index (χ2v) is 9.00. The van der Waals surface area contributed by atoms with Crippen LogP contribution in [0.5, 0.6) is 0 Å². The molecule has 4 heteroatoms. The van der Waals surface area contributed by atoms with Crippen LogP contribution in [0.25, 0.3) is 10.9 Å². The van der Waals surface area contributed by atoms with Crippen molar-refractivity contribution in [2.24, 2.45) is 0 Å². The van der Waals surface area contributed by atoms with Crippen LogP contribution in [-0.4, -0.2) is 46.9 Å². The molecule has 33 heavy (non-hydrogen) atoms. The summed E-state index contributed by atoms with van der Waals surface area (Å²) in [6.07, 6.45) is 3.38. The number of piperazine rings is 1. The number of carbonyl (C=O) groups is 1. The number of hydrogen-bond donors (Lipinski definition) is 1. The highest BCUT2D eigenvalue weighted by atomic mass is 16.2. The van der Waals surface area contributed by atoms with Crippen LogP contribution in [0.4, 0.5) is 0 Å². The van der Waals surface area contributed by atoms with E-state index in [-0.39, 0.29) is 11.9 Å². The third-order valence-corrected chi connectivity index (χ3v) is 6.82. The van der Waals surface area contributed by atoms with E-state index in [1.807, 2.05) is 17.2 Å². The van der Waals surface area contributed by atoms with Gasteiger partial charge in [-0.2, -0.15) is 0 Å². The van der Waals surface area contributed by atoms with E-state index in [0.717, 1.165) is 38.1 Å². The van der Waals surface area contributed by atoms with Crippen molar-refractivity contribution < 1.29 is 4.79 Å². The maximum atomic E-state index is 13.0. The first-order valence-corrected chi connectivity index (χ1v) is 11.9. The lowest BCUT2D eigenvalue weighted by Crippen LogP contribution is -2.49. The summed E-state index contributed by atoms with van der Waals surface area (Å²) in [6, 6.07) is 28.1. The molecule has 4 nitrogen and oxygen atoms in total. The van der Waals surface area contributed by atoms with Gasteiger partial charge in [0.05, 0.1) is 6.04 Å². The second kappa shape index (κ2) is 9.63.